The minimum Gasteiger partial charge on any atom is -0.386 e. The van der Waals surface area contributed by atoms with E-state index in [1.807, 2.05) is 30.3 Å². The summed E-state index contributed by atoms with van der Waals surface area (Å²) < 4.78 is 0. The minimum atomic E-state index is -0.795. The van der Waals surface area contributed by atoms with Crippen LogP contribution < -0.4 is 5.32 Å². The van der Waals surface area contributed by atoms with Gasteiger partial charge in [-0.3, -0.25) is 9.59 Å². The lowest BCUT2D eigenvalue weighted by molar-refractivity contribution is -0.138. The highest BCUT2D eigenvalue weighted by molar-refractivity contribution is 5.87. The van der Waals surface area contributed by atoms with Crippen molar-refractivity contribution in [3.8, 4) is 0 Å². The Hall–Kier alpha value is -2.14. The fourth-order valence-electron chi connectivity index (χ4n) is 2.22. The maximum Gasteiger partial charge on any atom is 0.245 e. The van der Waals surface area contributed by atoms with E-state index < -0.39 is 18.2 Å². The van der Waals surface area contributed by atoms with Gasteiger partial charge in [0, 0.05) is 14.0 Å². The molecule has 0 saturated heterocycles. The zero-order valence-electron chi connectivity index (χ0n) is 13.3. The lowest BCUT2D eigenvalue weighted by Crippen LogP contribution is -2.50. The van der Waals surface area contributed by atoms with Crippen LogP contribution in [0.2, 0.25) is 0 Å². The van der Waals surface area contributed by atoms with Gasteiger partial charge in [0.15, 0.2) is 0 Å². The number of rotatable bonds is 7. The van der Waals surface area contributed by atoms with Crippen LogP contribution in [-0.4, -0.2) is 41.0 Å². The molecule has 22 heavy (non-hydrogen) atoms. The fourth-order valence-corrected chi connectivity index (χ4v) is 2.22. The molecular formula is C17H24N2O3. The second kappa shape index (κ2) is 8.34. The molecule has 0 bridgehead atoms. The van der Waals surface area contributed by atoms with Crippen molar-refractivity contribution in [2.24, 2.45) is 0 Å². The zero-order chi connectivity index (χ0) is 16.7. The second-order valence-corrected chi connectivity index (χ2v) is 5.32. The highest BCUT2D eigenvalue weighted by atomic mass is 16.3. The summed E-state index contributed by atoms with van der Waals surface area (Å²) in [5.74, 6) is -0.526. The van der Waals surface area contributed by atoms with Gasteiger partial charge < -0.3 is 15.3 Å². The third kappa shape index (κ3) is 4.70. The third-order valence-corrected chi connectivity index (χ3v) is 3.63. The summed E-state index contributed by atoms with van der Waals surface area (Å²) in [5.41, 5.74) is 0.745. The van der Waals surface area contributed by atoms with Crippen LogP contribution in [0.15, 0.2) is 43.0 Å². The molecule has 0 fully saturated rings. The first-order valence-corrected chi connectivity index (χ1v) is 7.26. The summed E-state index contributed by atoms with van der Waals surface area (Å²) in [4.78, 5) is 25.2. The maximum atomic E-state index is 12.5. The van der Waals surface area contributed by atoms with Crippen LogP contribution in [0.25, 0.3) is 0 Å². The van der Waals surface area contributed by atoms with E-state index in [1.54, 1.807) is 20.0 Å². The molecule has 0 heterocycles. The normalized spacial score (nSPS) is 14.5. The summed E-state index contributed by atoms with van der Waals surface area (Å²) in [6.45, 7) is 6.74. The Labute approximate surface area is 131 Å². The Morgan fingerprint density at radius 2 is 1.95 bits per heavy atom. The zero-order valence-corrected chi connectivity index (χ0v) is 13.3. The van der Waals surface area contributed by atoms with Gasteiger partial charge in [0.1, 0.15) is 6.04 Å². The molecule has 0 aromatic heterocycles. The van der Waals surface area contributed by atoms with Crippen molar-refractivity contribution >= 4 is 11.8 Å². The lowest BCUT2D eigenvalue weighted by Gasteiger charge is -2.32. The molecule has 5 nitrogen and oxygen atoms in total. The summed E-state index contributed by atoms with van der Waals surface area (Å²) in [6, 6.07) is 8.09. The molecule has 2 N–H and O–H groups in total. The van der Waals surface area contributed by atoms with Gasteiger partial charge in [0.25, 0.3) is 0 Å². The second-order valence-electron chi connectivity index (χ2n) is 5.32. The van der Waals surface area contributed by atoms with E-state index in [1.165, 1.54) is 11.8 Å². The van der Waals surface area contributed by atoms with E-state index in [0.29, 0.717) is 6.42 Å². The highest BCUT2D eigenvalue weighted by Gasteiger charge is 2.28. The Morgan fingerprint density at radius 3 is 2.45 bits per heavy atom. The smallest absolute Gasteiger partial charge is 0.245 e. The van der Waals surface area contributed by atoms with E-state index in [9.17, 15) is 14.7 Å². The van der Waals surface area contributed by atoms with Gasteiger partial charge in [-0.15, -0.1) is 6.58 Å². The molecule has 5 heteroatoms. The van der Waals surface area contributed by atoms with Gasteiger partial charge in [0.05, 0.1) is 12.1 Å². The molecule has 0 radical (unpaired) electrons. The average molecular weight is 304 g/mol. The molecule has 0 aliphatic rings. The molecule has 0 saturated carbocycles. The van der Waals surface area contributed by atoms with Crippen LogP contribution in [0.3, 0.4) is 0 Å². The largest absolute Gasteiger partial charge is 0.386 e. The van der Waals surface area contributed by atoms with E-state index >= 15 is 0 Å². The number of nitrogens with one attached hydrogen (secondary N) is 1. The molecule has 1 aromatic rings. The topological polar surface area (TPSA) is 69.6 Å². The lowest BCUT2D eigenvalue weighted by atomic mass is 10.0. The van der Waals surface area contributed by atoms with Crippen molar-refractivity contribution in [1.29, 1.82) is 0 Å². The average Bonchev–Trinajstić information content (AvgIpc) is 2.52. The van der Waals surface area contributed by atoms with Crippen molar-refractivity contribution in [3.63, 3.8) is 0 Å². The molecule has 0 unspecified atom stereocenters. The van der Waals surface area contributed by atoms with Crippen LogP contribution in [0.4, 0.5) is 0 Å². The predicted octanol–water partition coefficient (Wildman–Crippen LogP) is 1.65. The summed E-state index contributed by atoms with van der Waals surface area (Å²) in [7, 11) is 1.62. The summed E-state index contributed by atoms with van der Waals surface area (Å²) in [6.07, 6.45) is 1.14. The fraction of sp³-hybridized carbons (Fsp3) is 0.412. The molecular weight excluding hydrogens is 280 g/mol. The van der Waals surface area contributed by atoms with E-state index in [2.05, 4.69) is 11.9 Å². The van der Waals surface area contributed by atoms with Crippen LogP contribution in [-0.2, 0) is 9.59 Å². The molecule has 3 atom stereocenters. The number of aliphatic hydroxyl groups is 1. The number of carbonyl (C=O) groups is 2. The Bertz CT molecular complexity index is 516. The Kier molecular flexibility index (Phi) is 6.79. The first kappa shape index (κ1) is 17.9. The molecule has 0 aliphatic heterocycles. The number of likely N-dealkylation sites (N-methyl/N-ethyl adjacent to an activating group) is 1. The maximum absolute atomic E-state index is 12.5. The van der Waals surface area contributed by atoms with E-state index in [0.717, 1.165) is 5.56 Å². The molecule has 0 aliphatic carbocycles. The standard InChI is InChI=1S/C17H24N2O3/c1-5-9-15(18-13(3)20)17(22)19(4)12(2)16(21)14-10-7-6-8-11-14/h5-8,10-12,15-16,21H,1,9H2,2-4H3,(H,18,20)/t12-,15+,16+/m0/s1. The number of hydrogen-bond donors (Lipinski definition) is 2. The monoisotopic (exact) mass is 304 g/mol. The van der Waals surface area contributed by atoms with Gasteiger partial charge in [-0.2, -0.15) is 0 Å². The highest BCUT2D eigenvalue weighted by Crippen LogP contribution is 2.20. The minimum absolute atomic E-state index is 0.252. The van der Waals surface area contributed by atoms with Gasteiger partial charge in [0.2, 0.25) is 11.8 Å². The van der Waals surface area contributed by atoms with E-state index in [-0.39, 0.29) is 11.8 Å². The summed E-state index contributed by atoms with van der Waals surface area (Å²) in [5, 5.41) is 13.0. The third-order valence-electron chi connectivity index (χ3n) is 3.63. The van der Waals surface area contributed by atoms with Crippen LogP contribution in [0.5, 0.6) is 0 Å². The predicted molar refractivity (Wildman–Crippen MR) is 86.1 cm³/mol. The van der Waals surface area contributed by atoms with Crippen molar-refractivity contribution in [2.75, 3.05) is 7.05 Å². The molecule has 0 spiro atoms. The summed E-state index contributed by atoms with van der Waals surface area (Å²) >= 11 is 0. The van der Waals surface area contributed by atoms with Crippen LogP contribution >= 0.6 is 0 Å². The number of aliphatic hydroxyl groups excluding tert-OH is 1. The van der Waals surface area contributed by atoms with Crippen molar-refractivity contribution in [2.45, 2.75) is 38.5 Å². The van der Waals surface area contributed by atoms with E-state index in [4.69, 9.17) is 0 Å². The first-order valence-electron chi connectivity index (χ1n) is 7.26. The number of benzene rings is 1. The number of carbonyl (C=O) groups excluding carboxylic acids is 2. The van der Waals surface area contributed by atoms with Gasteiger partial charge in [-0.05, 0) is 18.9 Å². The molecule has 120 valence electrons. The molecule has 1 aromatic carbocycles. The SMILES string of the molecule is C=CC[C@@H](NC(C)=O)C(=O)N(C)[C@@H](C)[C@@H](O)c1ccccc1. The first-order chi connectivity index (χ1) is 10.4. The molecule has 2 amide bonds. The van der Waals surface area contributed by atoms with Gasteiger partial charge >= 0.3 is 0 Å². The quantitative estimate of drug-likeness (QED) is 0.753. The number of amides is 2. The number of nitrogens with zero attached hydrogens (tertiary/aromatic N) is 1. The van der Waals surface area contributed by atoms with Crippen molar-refractivity contribution in [1.82, 2.24) is 10.2 Å². The van der Waals surface area contributed by atoms with Crippen molar-refractivity contribution < 1.29 is 14.7 Å². The number of hydrogen-bond acceptors (Lipinski definition) is 3. The van der Waals surface area contributed by atoms with Gasteiger partial charge in [-0.1, -0.05) is 36.4 Å². The Morgan fingerprint density at radius 1 is 1.36 bits per heavy atom. The molecule has 1 rings (SSSR count). The Balaban J connectivity index is 2.83. The van der Waals surface area contributed by atoms with Crippen LogP contribution in [0, 0.1) is 0 Å². The van der Waals surface area contributed by atoms with Gasteiger partial charge in [-0.25, -0.2) is 0 Å². The van der Waals surface area contributed by atoms with Crippen molar-refractivity contribution in [3.05, 3.63) is 48.6 Å². The van der Waals surface area contributed by atoms with Crippen LogP contribution in [0.1, 0.15) is 31.9 Å².